The van der Waals surface area contributed by atoms with Crippen LogP contribution in [0, 0.1) is 0 Å². The van der Waals surface area contributed by atoms with Gasteiger partial charge in [-0.3, -0.25) is 0 Å². The molecular formula is C11H15BrN6. The van der Waals surface area contributed by atoms with Gasteiger partial charge in [0, 0.05) is 19.2 Å². The van der Waals surface area contributed by atoms with Gasteiger partial charge in [0.1, 0.15) is 18.0 Å². The molecule has 0 atom stereocenters. The molecule has 7 heteroatoms. The zero-order chi connectivity index (χ0) is 13.1. The summed E-state index contributed by atoms with van der Waals surface area (Å²) in [6.07, 6.45) is 3.20. The predicted octanol–water partition coefficient (Wildman–Crippen LogP) is 2.10. The van der Waals surface area contributed by atoms with Crippen LogP contribution in [0.25, 0.3) is 0 Å². The van der Waals surface area contributed by atoms with E-state index in [4.69, 9.17) is 0 Å². The van der Waals surface area contributed by atoms with Crippen LogP contribution in [-0.4, -0.2) is 24.7 Å². The quantitative estimate of drug-likeness (QED) is 0.936. The van der Waals surface area contributed by atoms with Gasteiger partial charge >= 0.3 is 0 Å². The molecule has 96 valence electrons. The summed E-state index contributed by atoms with van der Waals surface area (Å²) in [5.41, 5.74) is 0. The molecule has 0 bridgehead atoms. The van der Waals surface area contributed by atoms with Crippen LogP contribution in [0.4, 0.5) is 5.82 Å². The van der Waals surface area contributed by atoms with Gasteiger partial charge in [-0.05, 0) is 15.9 Å². The monoisotopic (exact) mass is 310 g/mol. The van der Waals surface area contributed by atoms with E-state index >= 15 is 0 Å². The molecule has 0 unspecified atom stereocenters. The first kappa shape index (κ1) is 12.9. The molecule has 0 aliphatic heterocycles. The summed E-state index contributed by atoms with van der Waals surface area (Å²) in [4.78, 5) is 8.05. The van der Waals surface area contributed by atoms with Crippen molar-refractivity contribution in [2.24, 2.45) is 7.05 Å². The second kappa shape index (κ2) is 5.43. The summed E-state index contributed by atoms with van der Waals surface area (Å²) in [5, 5.41) is 11.6. The van der Waals surface area contributed by atoms with Crippen molar-refractivity contribution in [3.8, 4) is 0 Å². The van der Waals surface area contributed by atoms with Gasteiger partial charge in [-0.15, -0.1) is 10.2 Å². The van der Waals surface area contributed by atoms with Gasteiger partial charge in [-0.1, -0.05) is 13.8 Å². The summed E-state index contributed by atoms with van der Waals surface area (Å²) in [6.45, 7) is 4.77. The standard InChI is InChI=1S/C11H15BrN6/c1-7(2)11-17-16-9(18(11)3)5-14-10-8(12)4-13-6-15-10/h4,6-7H,5H2,1-3H3,(H,13,14,15). The van der Waals surface area contributed by atoms with Crippen LogP contribution < -0.4 is 5.32 Å². The van der Waals surface area contributed by atoms with Crippen molar-refractivity contribution < 1.29 is 0 Å². The van der Waals surface area contributed by atoms with Gasteiger partial charge in [0.15, 0.2) is 5.82 Å². The molecule has 0 saturated heterocycles. The molecule has 18 heavy (non-hydrogen) atoms. The average Bonchev–Trinajstić information content (AvgIpc) is 2.70. The summed E-state index contributed by atoms with van der Waals surface area (Å²) >= 11 is 3.39. The Hall–Kier alpha value is -1.50. The van der Waals surface area contributed by atoms with Gasteiger partial charge in [0.05, 0.1) is 11.0 Å². The second-order valence-electron chi connectivity index (χ2n) is 4.26. The second-order valence-corrected chi connectivity index (χ2v) is 5.12. The van der Waals surface area contributed by atoms with Gasteiger partial charge in [0.2, 0.25) is 0 Å². The summed E-state index contributed by atoms with van der Waals surface area (Å²) in [7, 11) is 1.97. The molecule has 2 aromatic rings. The highest BCUT2D eigenvalue weighted by Gasteiger charge is 2.11. The smallest absolute Gasteiger partial charge is 0.152 e. The number of anilines is 1. The van der Waals surface area contributed by atoms with E-state index in [-0.39, 0.29) is 0 Å². The first-order chi connectivity index (χ1) is 8.59. The lowest BCUT2D eigenvalue weighted by Gasteiger charge is -2.08. The fraction of sp³-hybridized carbons (Fsp3) is 0.455. The number of aromatic nitrogens is 5. The fourth-order valence-electron chi connectivity index (χ4n) is 1.64. The molecule has 0 saturated carbocycles. The van der Waals surface area contributed by atoms with Gasteiger partial charge in [-0.2, -0.15) is 0 Å². The lowest BCUT2D eigenvalue weighted by Crippen LogP contribution is -2.09. The number of rotatable bonds is 4. The number of halogens is 1. The van der Waals surface area contributed by atoms with Crippen LogP contribution in [-0.2, 0) is 13.6 Å². The Morgan fingerprint density at radius 3 is 2.78 bits per heavy atom. The maximum Gasteiger partial charge on any atom is 0.152 e. The number of nitrogens with zero attached hydrogens (tertiary/aromatic N) is 5. The fourth-order valence-corrected chi connectivity index (χ4v) is 2.00. The molecule has 6 nitrogen and oxygen atoms in total. The normalized spacial score (nSPS) is 10.9. The van der Waals surface area contributed by atoms with Crippen molar-refractivity contribution in [2.75, 3.05) is 5.32 Å². The Labute approximate surface area is 114 Å². The lowest BCUT2D eigenvalue weighted by atomic mass is 10.2. The molecule has 0 radical (unpaired) electrons. The molecule has 0 fully saturated rings. The van der Waals surface area contributed by atoms with Crippen LogP contribution in [0.15, 0.2) is 17.0 Å². The van der Waals surface area contributed by atoms with E-state index in [0.717, 1.165) is 21.9 Å². The van der Waals surface area contributed by atoms with Crippen LogP contribution in [0.5, 0.6) is 0 Å². The summed E-state index contributed by atoms with van der Waals surface area (Å²) < 4.78 is 2.84. The third-order valence-electron chi connectivity index (χ3n) is 2.60. The van der Waals surface area contributed by atoms with Gasteiger partial charge in [-0.25, -0.2) is 9.97 Å². The van der Waals surface area contributed by atoms with Crippen LogP contribution in [0.2, 0.25) is 0 Å². The lowest BCUT2D eigenvalue weighted by molar-refractivity contribution is 0.692. The Morgan fingerprint density at radius 1 is 1.39 bits per heavy atom. The van der Waals surface area contributed by atoms with E-state index in [1.807, 2.05) is 11.6 Å². The largest absolute Gasteiger partial charge is 0.362 e. The maximum absolute atomic E-state index is 4.18. The van der Waals surface area contributed by atoms with Crippen LogP contribution in [0.3, 0.4) is 0 Å². The first-order valence-electron chi connectivity index (χ1n) is 5.67. The Balaban J connectivity index is 2.09. The Bertz CT molecular complexity index is 536. The molecule has 0 aromatic carbocycles. The third kappa shape index (κ3) is 2.66. The minimum absolute atomic E-state index is 0.363. The van der Waals surface area contributed by atoms with Crippen molar-refractivity contribution in [1.82, 2.24) is 24.7 Å². The zero-order valence-electron chi connectivity index (χ0n) is 10.6. The molecular weight excluding hydrogens is 296 g/mol. The molecule has 0 aliphatic rings. The van der Waals surface area contributed by atoms with Crippen LogP contribution >= 0.6 is 15.9 Å². The van der Waals surface area contributed by atoms with Crippen molar-refractivity contribution in [2.45, 2.75) is 26.3 Å². The predicted molar refractivity (Wildman–Crippen MR) is 72.2 cm³/mol. The average molecular weight is 311 g/mol. The molecule has 2 heterocycles. The maximum atomic E-state index is 4.18. The minimum atomic E-state index is 0.363. The van der Waals surface area contributed by atoms with Crippen molar-refractivity contribution in [3.63, 3.8) is 0 Å². The Morgan fingerprint density at radius 2 is 2.17 bits per heavy atom. The van der Waals surface area contributed by atoms with E-state index in [1.54, 1.807) is 6.20 Å². The molecule has 0 spiro atoms. The van der Waals surface area contributed by atoms with Crippen molar-refractivity contribution in [3.05, 3.63) is 28.6 Å². The molecule has 0 amide bonds. The number of hydrogen-bond acceptors (Lipinski definition) is 5. The zero-order valence-corrected chi connectivity index (χ0v) is 12.1. The van der Waals surface area contributed by atoms with Crippen molar-refractivity contribution in [1.29, 1.82) is 0 Å². The van der Waals surface area contributed by atoms with E-state index in [9.17, 15) is 0 Å². The molecule has 2 aromatic heterocycles. The van der Waals surface area contributed by atoms with E-state index in [0.29, 0.717) is 12.5 Å². The topological polar surface area (TPSA) is 68.5 Å². The van der Waals surface area contributed by atoms with Gasteiger partial charge < -0.3 is 9.88 Å². The molecule has 0 aliphatic carbocycles. The van der Waals surface area contributed by atoms with Gasteiger partial charge in [0.25, 0.3) is 0 Å². The van der Waals surface area contributed by atoms with Crippen LogP contribution in [0.1, 0.15) is 31.4 Å². The molecule has 1 N–H and O–H groups in total. The first-order valence-corrected chi connectivity index (χ1v) is 6.46. The highest BCUT2D eigenvalue weighted by Crippen LogP contribution is 2.18. The van der Waals surface area contributed by atoms with E-state index < -0.39 is 0 Å². The van der Waals surface area contributed by atoms with E-state index in [2.05, 4.69) is 55.3 Å². The summed E-state index contributed by atoms with van der Waals surface area (Å²) in [5.74, 6) is 2.97. The molecule has 2 rings (SSSR count). The minimum Gasteiger partial charge on any atom is -0.362 e. The SMILES string of the molecule is CC(C)c1nnc(CNc2ncncc2Br)n1C. The number of hydrogen-bond donors (Lipinski definition) is 1. The summed E-state index contributed by atoms with van der Waals surface area (Å²) in [6, 6.07) is 0. The van der Waals surface area contributed by atoms with E-state index in [1.165, 1.54) is 6.33 Å². The highest BCUT2D eigenvalue weighted by molar-refractivity contribution is 9.10. The Kier molecular flexibility index (Phi) is 3.90. The third-order valence-corrected chi connectivity index (χ3v) is 3.18. The highest BCUT2D eigenvalue weighted by atomic mass is 79.9. The number of nitrogens with one attached hydrogen (secondary N) is 1. The van der Waals surface area contributed by atoms with Crippen molar-refractivity contribution >= 4 is 21.7 Å².